The van der Waals surface area contributed by atoms with Crippen molar-refractivity contribution < 1.29 is 19.0 Å². The molecule has 196 valence electrons. The fourth-order valence-electron chi connectivity index (χ4n) is 4.49. The van der Waals surface area contributed by atoms with Gasteiger partial charge in [0.25, 0.3) is 0 Å². The third kappa shape index (κ3) is 6.53. The van der Waals surface area contributed by atoms with E-state index in [9.17, 15) is 5.26 Å². The summed E-state index contributed by atoms with van der Waals surface area (Å²) < 4.78 is 17.3. The third-order valence-electron chi connectivity index (χ3n) is 6.65. The summed E-state index contributed by atoms with van der Waals surface area (Å²) in [6.07, 6.45) is 4.20. The lowest BCUT2D eigenvalue weighted by Crippen LogP contribution is -2.51. The molecule has 1 saturated heterocycles. The minimum absolute atomic E-state index is 0.123. The Hall–Kier alpha value is -3.29. The maximum Gasteiger partial charge on any atom is 0.246 e. The van der Waals surface area contributed by atoms with Gasteiger partial charge < -0.3 is 19.0 Å². The molecule has 0 saturated carbocycles. The molecule has 0 aliphatic carbocycles. The van der Waals surface area contributed by atoms with Crippen molar-refractivity contribution in [2.45, 2.75) is 51.9 Å². The van der Waals surface area contributed by atoms with Crippen LogP contribution < -0.4 is 10.6 Å². The number of benzene rings is 1. The van der Waals surface area contributed by atoms with Crippen LogP contribution in [-0.4, -0.2) is 60.5 Å². The summed E-state index contributed by atoms with van der Waals surface area (Å²) in [4.78, 5) is 16.3. The zero-order valence-electron chi connectivity index (χ0n) is 21.8. The highest BCUT2D eigenvalue weighted by Gasteiger charge is 2.32. The minimum Gasteiger partial charge on any atom is -0.477 e. The molecule has 1 aromatic carbocycles. The van der Waals surface area contributed by atoms with E-state index in [2.05, 4.69) is 39.7 Å². The Morgan fingerprint density at radius 3 is 2.62 bits per heavy atom. The largest absolute Gasteiger partial charge is 0.477 e. The molecule has 0 radical (unpaired) electrons. The lowest BCUT2D eigenvalue weighted by Gasteiger charge is -2.39. The molecule has 9 heteroatoms. The molecule has 2 aliphatic heterocycles. The van der Waals surface area contributed by atoms with Crippen molar-refractivity contribution in [1.82, 2.24) is 9.88 Å². The predicted molar refractivity (Wildman–Crippen MR) is 141 cm³/mol. The van der Waals surface area contributed by atoms with E-state index in [-0.39, 0.29) is 23.4 Å². The molecule has 0 amide bonds. The van der Waals surface area contributed by atoms with Crippen LogP contribution in [0.4, 0.5) is 0 Å². The number of nitrogens with zero attached hydrogens (tertiary/aromatic N) is 4. The number of fused-ring (bicyclic) bond motifs is 1. The number of hydrogen-bond donors (Lipinski definition) is 1. The van der Waals surface area contributed by atoms with Crippen LogP contribution in [0.5, 0.6) is 5.88 Å². The number of aromatic nitrogens is 1. The van der Waals surface area contributed by atoms with Gasteiger partial charge >= 0.3 is 0 Å². The Morgan fingerprint density at radius 1 is 1.22 bits per heavy atom. The average molecular weight is 506 g/mol. The molecule has 4 rings (SSSR count). The zero-order chi connectivity index (χ0) is 26.4. The molecule has 0 spiro atoms. The number of nitriles is 1. The fraction of sp³-hybridized carbons (Fsp3) is 0.464. The second kappa shape index (κ2) is 11.8. The molecule has 3 heterocycles. The van der Waals surface area contributed by atoms with Gasteiger partial charge in [0.15, 0.2) is 5.79 Å². The van der Waals surface area contributed by atoms with E-state index in [0.717, 1.165) is 37.9 Å². The van der Waals surface area contributed by atoms with Crippen LogP contribution >= 0.6 is 0 Å². The summed E-state index contributed by atoms with van der Waals surface area (Å²) in [7, 11) is 0. The van der Waals surface area contributed by atoms with Gasteiger partial charge in [-0.15, -0.1) is 0 Å². The van der Waals surface area contributed by atoms with Crippen LogP contribution in [0.3, 0.4) is 0 Å². The quantitative estimate of drug-likeness (QED) is 0.345. The normalized spacial score (nSPS) is 18.4. The summed E-state index contributed by atoms with van der Waals surface area (Å²) in [6, 6.07) is 10.3. The van der Waals surface area contributed by atoms with Gasteiger partial charge in [-0.1, -0.05) is 25.6 Å². The fourth-order valence-corrected chi connectivity index (χ4v) is 4.49. The molecule has 9 nitrogen and oxygen atoms in total. The van der Waals surface area contributed by atoms with Crippen molar-refractivity contribution in [3.05, 3.63) is 64.9 Å². The van der Waals surface area contributed by atoms with Crippen molar-refractivity contribution in [1.29, 1.82) is 5.26 Å². The van der Waals surface area contributed by atoms with Gasteiger partial charge in [0.05, 0.1) is 37.1 Å². The van der Waals surface area contributed by atoms with Gasteiger partial charge in [-0.05, 0) is 61.9 Å². The molecule has 2 aliphatic rings. The topological polar surface area (TPSA) is 115 Å². The molecule has 0 bridgehead atoms. The van der Waals surface area contributed by atoms with Crippen LogP contribution in [0.25, 0.3) is 5.70 Å². The van der Waals surface area contributed by atoms with E-state index in [1.165, 1.54) is 17.3 Å². The molecule has 0 atom stereocenters. The molecule has 1 fully saturated rings. The van der Waals surface area contributed by atoms with E-state index in [0.29, 0.717) is 31.1 Å². The maximum absolute atomic E-state index is 9.50. The predicted octanol–water partition coefficient (Wildman–Crippen LogP) is 3.60. The lowest BCUT2D eigenvalue weighted by molar-refractivity contribution is -0.263. The first-order chi connectivity index (χ1) is 17.8. The van der Waals surface area contributed by atoms with Crippen LogP contribution in [0, 0.1) is 11.3 Å². The first-order valence-corrected chi connectivity index (χ1v) is 12.6. The summed E-state index contributed by atoms with van der Waals surface area (Å²) in [5, 5.41) is 9.50. The first kappa shape index (κ1) is 26.8. The molecule has 37 heavy (non-hydrogen) atoms. The second-order valence-electron chi connectivity index (χ2n) is 9.71. The van der Waals surface area contributed by atoms with E-state index in [4.69, 9.17) is 24.9 Å². The first-order valence-electron chi connectivity index (χ1n) is 12.6. The van der Waals surface area contributed by atoms with Crippen LogP contribution in [0.15, 0.2) is 42.0 Å². The Kier molecular flexibility index (Phi) is 8.56. The maximum atomic E-state index is 9.50. The molecular weight excluding hydrogens is 470 g/mol. The van der Waals surface area contributed by atoms with Crippen molar-refractivity contribution >= 4 is 11.6 Å². The molecule has 0 unspecified atom stereocenters. The highest BCUT2D eigenvalue weighted by atomic mass is 16.7. The van der Waals surface area contributed by atoms with E-state index in [1.54, 1.807) is 6.07 Å². The van der Waals surface area contributed by atoms with Crippen molar-refractivity contribution in [3.8, 4) is 11.9 Å². The van der Waals surface area contributed by atoms with Gasteiger partial charge in [0.1, 0.15) is 11.6 Å². The number of rotatable bonds is 7. The lowest BCUT2D eigenvalue weighted by atomic mass is 9.99. The molecular formula is C28H35N5O4. The SMILES string of the molecule is C=C(N=C(ON)c1cnc(OCCC)c(C#N)c1)c1ccc2c(c1)CCN(C1COC(C)(C)OC1)CC2. The van der Waals surface area contributed by atoms with Gasteiger partial charge in [0.2, 0.25) is 11.8 Å². The highest BCUT2D eigenvalue weighted by Crippen LogP contribution is 2.26. The van der Waals surface area contributed by atoms with E-state index < -0.39 is 5.79 Å². The van der Waals surface area contributed by atoms with Crippen LogP contribution in [0.1, 0.15) is 55.0 Å². The van der Waals surface area contributed by atoms with Gasteiger partial charge in [-0.3, -0.25) is 4.90 Å². The van der Waals surface area contributed by atoms with Crippen LogP contribution in [0.2, 0.25) is 0 Å². The second-order valence-corrected chi connectivity index (χ2v) is 9.71. The minimum atomic E-state index is -0.510. The number of hydrogen-bond acceptors (Lipinski definition) is 9. The monoisotopic (exact) mass is 505 g/mol. The standard InChI is InChI=1S/C28H35N5O4/c1-5-12-34-26-23(15-29)14-24(16-31-26)27(37-30)32-19(2)21-7-6-20-8-10-33(11-9-22(20)13-21)25-17-35-28(3,4)36-18-25/h6-7,13-14,16,25H,2,5,8-12,17-18,30H2,1,3-4H3. The smallest absolute Gasteiger partial charge is 0.246 e. The Morgan fingerprint density at radius 2 is 1.95 bits per heavy atom. The number of aliphatic imine (C=N–C) groups is 1. The van der Waals surface area contributed by atoms with Gasteiger partial charge in [-0.2, -0.15) is 11.2 Å². The average Bonchev–Trinajstić information content (AvgIpc) is 3.12. The molecule has 2 aromatic rings. The summed E-state index contributed by atoms with van der Waals surface area (Å²) >= 11 is 0. The summed E-state index contributed by atoms with van der Waals surface area (Å²) in [6.45, 7) is 13.7. The van der Waals surface area contributed by atoms with Gasteiger partial charge in [-0.25, -0.2) is 9.98 Å². The Bertz CT molecular complexity index is 1190. The summed E-state index contributed by atoms with van der Waals surface area (Å²) in [5.74, 6) is 5.42. The molecule has 2 N–H and O–H groups in total. The Balaban J connectivity index is 1.47. The van der Waals surface area contributed by atoms with Crippen molar-refractivity contribution in [3.63, 3.8) is 0 Å². The van der Waals surface area contributed by atoms with E-state index >= 15 is 0 Å². The van der Waals surface area contributed by atoms with Crippen molar-refractivity contribution in [2.75, 3.05) is 32.9 Å². The van der Waals surface area contributed by atoms with Crippen molar-refractivity contribution in [2.24, 2.45) is 10.9 Å². The zero-order valence-corrected chi connectivity index (χ0v) is 21.8. The Labute approximate surface area is 218 Å². The van der Waals surface area contributed by atoms with Crippen LogP contribution in [-0.2, 0) is 27.2 Å². The number of pyridine rings is 1. The molecule has 1 aromatic heterocycles. The highest BCUT2D eigenvalue weighted by molar-refractivity contribution is 5.97. The third-order valence-corrected chi connectivity index (χ3v) is 6.65. The summed E-state index contributed by atoms with van der Waals surface area (Å²) in [5.41, 5.74) is 4.73. The number of ether oxygens (including phenoxy) is 3. The van der Waals surface area contributed by atoms with E-state index in [1.807, 2.05) is 26.8 Å². The number of nitrogens with two attached hydrogens (primary N) is 1. The van der Waals surface area contributed by atoms with Gasteiger partial charge in [0, 0.05) is 19.3 Å².